The average molecular weight is 280 g/mol. The van der Waals surface area contributed by atoms with E-state index in [2.05, 4.69) is 20.9 Å². The van der Waals surface area contributed by atoms with E-state index in [1.54, 1.807) is 6.92 Å². The lowest BCUT2D eigenvalue weighted by Gasteiger charge is -2.09. The Balaban J connectivity index is 3.42. The highest BCUT2D eigenvalue weighted by Crippen LogP contribution is 2.36. The second kappa shape index (κ2) is 4.16. The van der Waals surface area contributed by atoms with Gasteiger partial charge in [0.15, 0.2) is 0 Å². The van der Waals surface area contributed by atoms with Gasteiger partial charge < -0.3 is 0 Å². The van der Waals surface area contributed by atoms with Crippen LogP contribution < -0.4 is 0 Å². The summed E-state index contributed by atoms with van der Waals surface area (Å²) in [6.07, 6.45) is -3.24. The molecule has 0 unspecified atom stereocenters. The first kappa shape index (κ1) is 11.9. The molecule has 0 aromatic heterocycles. The van der Waals surface area contributed by atoms with E-state index in [0.29, 0.717) is 5.56 Å². The van der Waals surface area contributed by atoms with E-state index < -0.39 is 11.7 Å². The number of hydrogen-bond donors (Lipinski definition) is 0. The highest BCUT2D eigenvalue weighted by atomic mass is 79.9. The molecule has 0 bridgehead atoms. The molecule has 1 rings (SSSR count). The zero-order valence-corrected chi connectivity index (χ0v) is 9.11. The first-order chi connectivity index (χ1) is 6.86. The number of isocyanates is 1. The predicted molar refractivity (Wildman–Crippen MR) is 51.7 cm³/mol. The van der Waals surface area contributed by atoms with Crippen molar-refractivity contribution in [2.75, 3.05) is 0 Å². The Kier molecular flexibility index (Phi) is 3.31. The van der Waals surface area contributed by atoms with Crippen molar-refractivity contribution in [3.8, 4) is 0 Å². The molecule has 1 aromatic rings. The van der Waals surface area contributed by atoms with Gasteiger partial charge >= 0.3 is 6.18 Å². The minimum Gasteiger partial charge on any atom is -0.211 e. The molecule has 2 nitrogen and oxygen atoms in total. The molecule has 6 heteroatoms. The topological polar surface area (TPSA) is 29.4 Å². The van der Waals surface area contributed by atoms with E-state index in [-0.39, 0.29) is 10.2 Å². The van der Waals surface area contributed by atoms with Crippen molar-refractivity contribution in [3.63, 3.8) is 0 Å². The molecule has 80 valence electrons. The van der Waals surface area contributed by atoms with Gasteiger partial charge in [-0.3, -0.25) is 0 Å². The highest BCUT2D eigenvalue weighted by molar-refractivity contribution is 9.10. The number of benzene rings is 1. The third-order valence-corrected chi connectivity index (χ3v) is 2.63. The van der Waals surface area contributed by atoms with Gasteiger partial charge in [0, 0.05) is 4.47 Å². The van der Waals surface area contributed by atoms with E-state index in [0.717, 1.165) is 12.1 Å². The van der Waals surface area contributed by atoms with Gasteiger partial charge in [-0.05, 0) is 24.6 Å². The van der Waals surface area contributed by atoms with E-state index in [9.17, 15) is 18.0 Å². The lowest BCUT2D eigenvalue weighted by molar-refractivity contribution is -0.137. The molecule has 0 amide bonds. The lowest BCUT2D eigenvalue weighted by atomic mass is 10.1. The number of alkyl halides is 3. The maximum atomic E-state index is 12.4. The fourth-order valence-corrected chi connectivity index (χ4v) is 1.44. The molecule has 0 saturated heterocycles. The van der Waals surface area contributed by atoms with Crippen LogP contribution in [0.15, 0.2) is 21.6 Å². The summed E-state index contributed by atoms with van der Waals surface area (Å²) < 4.78 is 37.3. The van der Waals surface area contributed by atoms with Gasteiger partial charge in [-0.1, -0.05) is 15.9 Å². The molecule has 0 atom stereocenters. The van der Waals surface area contributed by atoms with Crippen LogP contribution in [0.25, 0.3) is 0 Å². The molecular weight excluding hydrogens is 275 g/mol. The van der Waals surface area contributed by atoms with Crippen LogP contribution >= 0.6 is 15.9 Å². The SMILES string of the molecule is Cc1c(Br)cc(C(F)(F)F)cc1N=C=O. The van der Waals surface area contributed by atoms with Gasteiger partial charge in [0.05, 0.1) is 11.3 Å². The fourth-order valence-electron chi connectivity index (χ4n) is 0.993. The Bertz CT molecular complexity index is 436. The van der Waals surface area contributed by atoms with Gasteiger partial charge in [-0.15, -0.1) is 0 Å². The lowest BCUT2D eigenvalue weighted by Crippen LogP contribution is -2.04. The van der Waals surface area contributed by atoms with Crippen LogP contribution in [0.4, 0.5) is 18.9 Å². The normalized spacial score (nSPS) is 11.0. The standard InChI is InChI=1S/C9H5BrF3NO/c1-5-7(10)2-6(9(11,12)13)3-8(5)14-4-15/h2-3H,1H3. The summed E-state index contributed by atoms with van der Waals surface area (Å²) in [4.78, 5) is 13.2. The van der Waals surface area contributed by atoms with Crippen molar-refractivity contribution >= 4 is 27.7 Å². The molecule has 0 aliphatic rings. The summed E-state index contributed by atoms with van der Waals surface area (Å²) in [5.74, 6) is 0. The van der Waals surface area contributed by atoms with Crippen molar-refractivity contribution in [1.29, 1.82) is 0 Å². The fraction of sp³-hybridized carbons (Fsp3) is 0.222. The molecule has 1 aromatic carbocycles. The van der Waals surface area contributed by atoms with Gasteiger partial charge in [-0.25, -0.2) is 4.79 Å². The molecule has 0 spiro atoms. The van der Waals surface area contributed by atoms with E-state index in [4.69, 9.17) is 0 Å². The molecule has 0 N–H and O–H groups in total. The van der Waals surface area contributed by atoms with Crippen LogP contribution in [0.5, 0.6) is 0 Å². The maximum absolute atomic E-state index is 12.4. The monoisotopic (exact) mass is 279 g/mol. The number of aliphatic imine (C=N–C) groups is 1. The summed E-state index contributed by atoms with van der Waals surface area (Å²) in [7, 11) is 0. The summed E-state index contributed by atoms with van der Waals surface area (Å²) in [5.41, 5.74) is -0.424. The van der Waals surface area contributed by atoms with Crippen molar-refractivity contribution in [2.24, 2.45) is 4.99 Å². The van der Waals surface area contributed by atoms with E-state index >= 15 is 0 Å². The smallest absolute Gasteiger partial charge is 0.211 e. The average Bonchev–Trinajstić information content (AvgIpc) is 2.11. The van der Waals surface area contributed by atoms with Gasteiger partial charge in [0.2, 0.25) is 6.08 Å². The van der Waals surface area contributed by atoms with Crippen LogP contribution in [0, 0.1) is 6.92 Å². The number of halogens is 4. The number of hydrogen-bond acceptors (Lipinski definition) is 2. The Morgan fingerprint density at radius 3 is 2.47 bits per heavy atom. The number of nitrogens with zero attached hydrogens (tertiary/aromatic N) is 1. The third kappa shape index (κ3) is 2.67. The largest absolute Gasteiger partial charge is 0.416 e. The van der Waals surface area contributed by atoms with Gasteiger partial charge in [0.1, 0.15) is 0 Å². The summed E-state index contributed by atoms with van der Waals surface area (Å²) in [6, 6.07) is 1.75. The summed E-state index contributed by atoms with van der Waals surface area (Å²) >= 11 is 2.97. The van der Waals surface area contributed by atoms with Crippen LogP contribution in [0.2, 0.25) is 0 Å². The number of rotatable bonds is 1. The van der Waals surface area contributed by atoms with Crippen molar-refractivity contribution in [3.05, 3.63) is 27.7 Å². The van der Waals surface area contributed by atoms with Crippen molar-refractivity contribution in [1.82, 2.24) is 0 Å². The van der Waals surface area contributed by atoms with Gasteiger partial charge in [-0.2, -0.15) is 18.2 Å². The third-order valence-electron chi connectivity index (χ3n) is 1.81. The molecule has 15 heavy (non-hydrogen) atoms. The molecule has 0 saturated carbocycles. The Morgan fingerprint density at radius 1 is 1.40 bits per heavy atom. The van der Waals surface area contributed by atoms with Crippen molar-refractivity contribution < 1.29 is 18.0 Å². The second-order valence-electron chi connectivity index (χ2n) is 2.80. The highest BCUT2D eigenvalue weighted by Gasteiger charge is 2.31. The molecule has 0 heterocycles. The molecule has 0 fully saturated rings. The van der Waals surface area contributed by atoms with Crippen LogP contribution in [-0.2, 0) is 11.0 Å². The zero-order valence-electron chi connectivity index (χ0n) is 7.52. The minimum absolute atomic E-state index is 0.0355. The molecule has 0 radical (unpaired) electrons. The Labute approximate surface area is 91.9 Å². The van der Waals surface area contributed by atoms with Crippen LogP contribution in [0.3, 0.4) is 0 Å². The minimum atomic E-state index is -4.45. The van der Waals surface area contributed by atoms with Crippen LogP contribution in [0.1, 0.15) is 11.1 Å². The zero-order chi connectivity index (χ0) is 11.6. The summed E-state index contributed by atoms with van der Waals surface area (Å²) in [6.45, 7) is 1.56. The van der Waals surface area contributed by atoms with Gasteiger partial charge in [0.25, 0.3) is 0 Å². The maximum Gasteiger partial charge on any atom is 0.416 e. The Hall–Kier alpha value is -1.13. The number of carbonyl (C=O) groups excluding carboxylic acids is 1. The second-order valence-corrected chi connectivity index (χ2v) is 3.66. The molecular formula is C9H5BrF3NO. The molecule has 0 aliphatic heterocycles. The van der Waals surface area contributed by atoms with Crippen LogP contribution in [-0.4, -0.2) is 6.08 Å². The predicted octanol–water partition coefficient (Wildman–Crippen LogP) is 3.74. The van der Waals surface area contributed by atoms with E-state index in [1.807, 2.05) is 0 Å². The summed E-state index contributed by atoms with van der Waals surface area (Å²) in [5, 5.41) is 0. The Morgan fingerprint density at radius 2 is 2.00 bits per heavy atom. The molecule has 0 aliphatic carbocycles. The quantitative estimate of drug-likeness (QED) is 0.569. The first-order valence-electron chi connectivity index (χ1n) is 3.81. The van der Waals surface area contributed by atoms with Crippen molar-refractivity contribution in [2.45, 2.75) is 13.1 Å². The first-order valence-corrected chi connectivity index (χ1v) is 4.60. The van der Waals surface area contributed by atoms with E-state index in [1.165, 1.54) is 6.08 Å².